The van der Waals surface area contributed by atoms with Crippen molar-refractivity contribution in [2.45, 2.75) is 5.03 Å². The summed E-state index contributed by atoms with van der Waals surface area (Å²) in [5.41, 5.74) is 1.27. The van der Waals surface area contributed by atoms with Crippen LogP contribution in [0, 0.1) is 0 Å². The largest absolute Gasteiger partial charge is 0.495 e. The lowest BCUT2D eigenvalue weighted by atomic mass is 10.3. The van der Waals surface area contributed by atoms with E-state index in [2.05, 4.69) is 20.6 Å². The SMILES string of the molecule is COc1ccc(NC(=O)CSc2ccc3nncn3n2)cc1Cl. The van der Waals surface area contributed by atoms with Crippen molar-refractivity contribution >= 4 is 40.6 Å². The number of methoxy groups -OCH3 is 1. The second-order valence-electron chi connectivity index (χ2n) is 4.49. The van der Waals surface area contributed by atoms with Crippen LogP contribution in [-0.2, 0) is 4.79 Å². The van der Waals surface area contributed by atoms with Crippen molar-refractivity contribution in [1.29, 1.82) is 0 Å². The number of nitrogens with one attached hydrogen (secondary N) is 1. The van der Waals surface area contributed by atoms with Gasteiger partial charge in [-0.25, -0.2) is 0 Å². The third-order valence-corrected chi connectivity index (χ3v) is 4.14. The van der Waals surface area contributed by atoms with E-state index in [1.807, 2.05) is 0 Å². The number of ether oxygens (including phenoxy) is 1. The van der Waals surface area contributed by atoms with Crippen molar-refractivity contribution in [3.63, 3.8) is 0 Å². The first-order chi connectivity index (χ1) is 11.2. The molecule has 1 amide bonds. The molecular formula is C14H12ClN5O2S. The second kappa shape index (κ2) is 6.84. The number of thioether (sulfide) groups is 1. The third-order valence-electron chi connectivity index (χ3n) is 2.92. The monoisotopic (exact) mass is 349 g/mol. The molecule has 23 heavy (non-hydrogen) atoms. The van der Waals surface area contributed by atoms with Crippen molar-refractivity contribution in [2.24, 2.45) is 0 Å². The fourth-order valence-corrected chi connectivity index (χ4v) is 2.79. The average molecular weight is 350 g/mol. The predicted molar refractivity (Wildman–Crippen MR) is 88.1 cm³/mol. The van der Waals surface area contributed by atoms with Crippen LogP contribution in [0.1, 0.15) is 0 Å². The third kappa shape index (κ3) is 3.72. The molecule has 0 saturated heterocycles. The van der Waals surface area contributed by atoms with Gasteiger partial charge < -0.3 is 10.1 Å². The number of carbonyl (C=O) groups excluding carboxylic acids is 1. The molecule has 0 unspecified atom stereocenters. The van der Waals surface area contributed by atoms with Crippen LogP contribution in [0.2, 0.25) is 5.02 Å². The van der Waals surface area contributed by atoms with Gasteiger partial charge in [0.25, 0.3) is 0 Å². The summed E-state index contributed by atoms with van der Waals surface area (Å²) >= 11 is 7.35. The first kappa shape index (κ1) is 15.6. The maximum absolute atomic E-state index is 12.0. The molecule has 0 radical (unpaired) electrons. The van der Waals surface area contributed by atoms with E-state index in [4.69, 9.17) is 16.3 Å². The number of hydrogen-bond acceptors (Lipinski definition) is 6. The summed E-state index contributed by atoms with van der Waals surface area (Å²) in [6, 6.07) is 8.67. The Hall–Kier alpha value is -2.32. The van der Waals surface area contributed by atoms with Crippen molar-refractivity contribution in [3.05, 3.63) is 41.7 Å². The highest BCUT2D eigenvalue weighted by atomic mass is 35.5. The van der Waals surface area contributed by atoms with E-state index >= 15 is 0 Å². The molecule has 0 spiro atoms. The molecule has 118 valence electrons. The molecule has 3 aromatic rings. The van der Waals surface area contributed by atoms with Gasteiger partial charge in [0, 0.05) is 5.69 Å². The Bertz CT molecular complexity index is 854. The topological polar surface area (TPSA) is 81.4 Å². The van der Waals surface area contributed by atoms with E-state index in [0.29, 0.717) is 27.1 Å². The van der Waals surface area contributed by atoms with Gasteiger partial charge in [0.05, 0.1) is 17.9 Å². The van der Waals surface area contributed by atoms with E-state index in [-0.39, 0.29) is 11.7 Å². The van der Waals surface area contributed by atoms with Crippen molar-refractivity contribution in [3.8, 4) is 5.75 Å². The van der Waals surface area contributed by atoms with Gasteiger partial charge in [-0.3, -0.25) is 4.79 Å². The molecule has 0 atom stereocenters. The zero-order valence-corrected chi connectivity index (χ0v) is 13.6. The van der Waals surface area contributed by atoms with Crippen molar-refractivity contribution < 1.29 is 9.53 Å². The van der Waals surface area contributed by atoms with Crippen LogP contribution in [0.3, 0.4) is 0 Å². The molecule has 1 N–H and O–H groups in total. The normalized spacial score (nSPS) is 10.7. The van der Waals surface area contributed by atoms with Crippen LogP contribution in [0.5, 0.6) is 5.75 Å². The number of amides is 1. The maximum atomic E-state index is 12.0. The van der Waals surface area contributed by atoms with Crippen LogP contribution >= 0.6 is 23.4 Å². The highest BCUT2D eigenvalue weighted by molar-refractivity contribution is 7.99. The van der Waals surface area contributed by atoms with Gasteiger partial charge in [0.1, 0.15) is 17.1 Å². The minimum atomic E-state index is -0.151. The zero-order chi connectivity index (χ0) is 16.2. The highest BCUT2D eigenvalue weighted by Gasteiger charge is 2.08. The summed E-state index contributed by atoms with van der Waals surface area (Å²) in [4.78, 5) is 12.0. The van der Waals surface area contributed by atoms with Crippen LogP contribution in [0.4, 0.5) is 5.69 Å². The first-order valence-electron chi connectivity index (χ1n) is 6.59. The summed E-state index contributed by atoms with van der Waals surface area (Å²) in [6.45, 7) is 0. The predicted octanol–water partition coefficient (Wildman–Crippen LogP) is 2.52. The van der Waals surface area contributed by atoms with E-state index in [1.54, 1.807) is 34.8 Å². The van der Waals surface area contributed by atoms with Gasteiger partial charge in [-0.1, -0.05) is 23.4 Å². The van der Waals surface area contributed by atoms with E-state index in [0.717, 1.165) is 0 Å². The number of rotatable bonds is 5. The quantitative estimate of drug-likeness (QED) is 0.713. The molecule has 0 aliphatic carbocycles. The smallest absolute Gasteiger partial charge is 0.234 e. The second-order valence-corrected chi connectivity index (χ2v) is 5.89. The summed E-state index contributed by atoms with van der Waals surface area (Å²) < 4.78 is 6.63. The molecule has 0 fully saturated rings. The zero-order valence-electron chi connectivity index (χ0n) is 12.1. The number of halogens is 1. The molecule has 0 saturated carbocycles. The fourth-order valence-electron chi connectivity index (χ4n) is 1.87. The first-order valence-corrected chi connectivity index (χ1v) is 7.95. The summed E-state index contributed by atoms with van der Waals surface area (Å²) in [5, 5.41) is 15.8. The van der Waals surface area contributed by atoms with E-state index in [1.165, 1.54) is 25.2 Å². The molecule has 2 heterocycles. The summed E-state index contributed by atoms with van der Waals surface area (Å²) in [5.74, 6) is 0.636. The molecule has 0 aliphatic heterocycles. The minimum absolute atomic E-state index is 0.151. The van der Waals surface area contributed by atoms with Crippen LogP contribution < -0.4 is 10.1 Å². The van der Waals surface area contributed by atoms with Crippen LogP contribution in [0.25, 0.3) is 5.65 Å². The van der Waals surface area contributed by atoms with Gasteiger partial charge in [-0.2, -0.15) is 9.61 Å². The van der Waals surface area contributed by atoms with Crippen molar-refractivity contribution in [2.75, 3.05) is 18.2 Å². The molecule has 0 bridgehead atoms. The lowest BCUT2D eigenvalue weighted by Gasteiger charge is -2.08. The average Bonchev–Trinajstić information content (AvgIpc) is 3.01. The number of hydrogen-bond donors (Lipinski definition) is 1. The van der Waals surface area contributed by atoms with Gasteiger partial charge in [-0.15, -0.1) is 10.2 Å². The van der Waals surface area contributed by atoms with Gasteiger partial charge in [0.15, 0.2) is 5.65 Å². The number of aromatic nitrogens is 4. The molecular weight excluding hydrogens is 338 g/mol. The lowest BCUT2D eigenvalue weighted by Crippen LogP contribution is -2.14. The Labute approximate surface area is 141 Å². The Balaban J connectivity index is 1.59. The molecule has 3 rings (SSSR count). The summed E-state index contributed by atoms with van der Waals surface area (Å²) in [7, 11) is 1.54. The molecule has 1 aromatic carbocycles. The summed E-state index contributed by atoms with van der Waals surface area (Å²) in [6.07, 6.45) is 1.51. The Morgan fingerprint density at radius 3 is 3.04 bits per heavy atom. The standard InChI is InChI=1S/C14H12ClN5O2S/c1-22-11-3-2-9(6-10(11)15)17-13(21)7-23-14-5-4-12-18-16-8-20(12)19-14/h2-6,8H,7H2,1H3,(H,17,21). The van der Waals surface area contributed by atoms with Gasteiger partial charge in [0.2, 0.25) is 5.91 Å². The number of fused-ring (bicyclic) bond motifs is 1. The highest BCUT2D eigenvalue weighted by Crippen LogP contribution is 2.27. The Kier molecular flexibility index (Phi) is 4.63. The lowest BCUT2D eigenvalue weighted by molar-refractivity contribution is -0.113. The van der Waals surface area contributed by atoms with Crippen LogP contribution in [0.15, 0.2) is 41.7 Å². The maximum Gasteiger partial charge on any atom is 0.234 e. The molecule has 2 aromatic heterocycles. The van der Waals surface area contributed by atoms with E-state index < -0.39 is 0 Å². The Morgan fingerprint density at radius 1 is 1.39 bits per heavy atom. The van der Waals surface area contributed by atoms with Gasteiger partial charge in [-0.05, 0) is 30.3 Å². The number of benzene rings is 1. The molecule has 9 heteroatoms. The number of nitrogens with zero attached hydrogens (tertiary/aromatic N) is 4. The van der Waals surface area contributed by atoms with Gasteiger partial charge >= 0.3 is 0 Å². The van der Waals surface area contributed by atoms with E-state index in [9.17, 15) is 4.79 Å². The van der Waals surface area contributed by atoms with Crippen LogP contribution in [-0.4, -0.2) is 38.6 Å². The fraction of sp³-hybridized carbons (Fsp3) is 0.143. The number of carbonyl (C=O) groups is 1. The van der Waals surface area contributed by atoms with Crippen molar-refractivity contribution in [1.82, 2.24) is 19.8 Å². The number of anilines is 1. The minimum Gasteiger partial charge on any atom is -0.495 e. The molecule has 7 nitrogen and oxygen atoms in total. The molecule has 0 aliphatic rings. The Morgan fingerprint density at radius 2 is 2.26 bits per heavy atom.